The van der Waals surface area contributed by atoms with E-state index in [2.05, 4.69) is 10.5 Å². The number of aromatic hydroxyl groups is 2. The smallest absolute Gasteiger partial charge is 0.257 e. The van der Waals surface area contributed by atoms with Crippen LogP contribution in [0.15, 0.2) is 53.1 Å². The van der Waals surface area contributed by atoms with E-state index in [1.54, 1.807) is 24.3 Å². The van der Waals surface area contributed by atoms with Crippen LogP contribution in [0, 0.1) is 0 Å². The summed E-state index contributed by atoms with van der Waals surface area (Å²) >= 11 is 0. The molecule has 1 aromatic heterocycles. The fraction of sp³-hybridized carbons (Fsp3) is 0.200. The van der Waals surface area contributed by atoms with E-state index >= 15 is 0 Å². The van der Waals surface area contributed by atoms with Crippen LogP contribution in [0.5, 0.6) is 11.5 Å². The molecule has 0 aliphatic heterocycles. The van der Waals surface area contributed by atoms with Gasteiger partial charge in [0.1, 0.15) is 22.8 Å². The van der Waals surface area contributed by atoms with Gasteiger partial charge in [-0.3, -0.25) is 4.79 Å². The van der Waals surface area contributed by atoms with Crippen LogP contribution >= 0.6 is 0 Å². The van der Waals surface area contributed by atoms with Crippen LogP contribution in [0.2, 0.25) is 0 Å². The van der Waals surface area contributed by atoms with E-state index in [1.807, 2.05) is 0 Å². The highest BCUT2D eigenvalue weighted by molar-refractivity contribution is 6.05. The number of hydrogen-bond donors (Lipinski definition) is 3. The summed E-state index contributed by atoms with van der Waals surface area (Å²) < 4.78 is 5.51. The van der Waals surface area contributed by atoms with E-state index in [9.17, 15) is 15.0 Å². The van der Waals surface area contributed by atoms with Crippen molar-refractivity contribution in [3.63, 3.8) is 0 Å². The predicted molar refractivity (Wildman–Crippen MR) is 95.8 cm³/mol. The van der Waals surface area contributed by atoms with Crippen molar-refractivity contribution in [1.29, 1.82) is 0 Å². The number of aromatic nitrogens is 1. The molecule has 0 bridgehead atoms. The number of phenolic OH excluding ortho intramolecular Hbond substituents is 2. The van der Waals surface area contributed by atoms with Crippen molar-refractivity contribution in [3.05, 3.63) is 54.1 Å². The van der Waals surface area contributed by atoms with Crippen LogP contribution in [-0.4, -0.2) is 27.3 Å². The van der Waals surface area contributed by atoms with Gasteiger partial charge in [-0.1, -0.05) is 5.16 Å². The Morgan fingerprint density at radius 2 is 1.54 bits per heavy atom. The first-order chi connectivity index (χ1) is 12.6. The highest BCUT2D eigenvalue weighted by Gasteiger charge is 2.28. The highest BCUT2D eigenvalue weighted by Crippen LogP contribution is 2.34. The van der Waals surface area contributed by atoms with Crippen LogP contribution in [0.4, 0.5) is 0 Å². The van der Waals surface area contributed by atoms with E-state index in [-0.39, 0.29) is 23.4 Å². The molecule has 1 aliphatic carbocycles. The third-order valence-corrected chi connectivity index (χ3v) is 4.63. The lowest BCUT2D eigenvalue weighted by Gasteiger charge is -2.26. The van der Waals surface area contributed by atoms with Gasteiger partial charge in [0.25, 0.3) is 5.91 Å². The molecule has 1 heterocycles. The summed E-state index contributed by atoms with van der Waals surface area (Å²) in [7, 11) is 0. The molecule has 0 unspecified atom stereocenters. The number of hydrogen-bond acceptors (Lipinski definition) is 5. The zero-order chi connectivity index (χ0) is 18.1. The van der Waals surface area contributed by atoms with E-state index in [0.29, 0.717) is 28.1 Å². The second kappa shape index (κ2) is 6.55. The van der Waals surface area contributed by atoms with Crippen molar-refractivity contribution in [2.75, 3.05) is 0 Å². The molecule has 0 saturated heterocycles. The third-order valence-electron chi connectivity index (χ3n) is 4.63. The van der Waals surface area contributed by atoms with E-state index in [1.165, 1.54) is 24.3 Å². The average Bonchev–Trinajstić information content (AvgIpc) is 3.04. The van der Waals surface area contributed by atoms with Gasteiger partial charge in [-0.15, -0.1) is 0 Å². The van der Waals surface area contributed by atoms with Gasteiger partial charge in [-0.25, -0.2) is 0 Å². The lowest BCUT2D eigenvalue weighted by molar-refractivity contribution is 0.0918. The van der Waals surface area contributed by atoms with E-state index in [4.69, 9.17) is 4.52 Å². The minimum atomic E-state index is -0.234. The van der Waals surface area contributed by atoms with E-state index < -0.39 is 0 Å². The number of amides is 1. The fourth-order valence-electron chi connectivity index (χ4n) is 2.94. The monoisotopic (exact) mass is 350 g/mol. The summed E-state index contributed by atoms with van der Waals surface area (Å²) in [6.07, 6.45) is 3.06. The summed E-state index contributed by atoms with van der Waals surface area (Å²) in [5.41, 5.74) is 2.10. The molecule has 0 atom stereocenters. The maximum absolute atomic E-state index is 12.9. The Balaban J connectivity index is 1.79. The summed E-state index contributed by atoms with van der Waals surface area (Å²) in [6, 6.07) is 13.1. The maximum atomic E-state index is 12.9. The SMILES string of the molecule is O=C(NC1CCC1)c1c(-c2ccc(O)cc2)noc1-c1ccc(O)cc1. The Hall–Kier alpha value is -3.28. The van der Waals surface area contributed by atoms with Gasteiger partial charge in [0.2, 0.25) is 0 Å². The standard InChI is InChI=1S/C20H18N2O4/c23-15-8-4-12(5-9-15)18-17(20(25)21-14-2-1-3-14)19(26-22-18)13-6-10-16(24)11-7-13/h4-11,14,23-24H,1-3H2,(H,21,25). The minimum Gasteiger partial charge on any atom is -0.508 e. The maximum Gasteiger partial charge on any atom is 0.257 e. The van der Waals surface area contributed by atoms with Crippen molar-refractivity contribution in [1.82, 2.24) is 10.5 Å². The number of carbonyl (C=O) groups is 1. The van der Waals surface area contributed by atoms with Crippen molar-refractivity contribution in [2.24, 2.45) is 0 Å². The quantitative estimate of drug-likeness (QED) is 0.667. The van der Waals surface area contributed by atoms with Gasteiger partial charge in [-0.2, -0.15) is 0 Å². The molecule has 26 heavy (non-hydrogen) atoms. The van der Waals surface area contributed by atoms with Gasteiger partial charge in [-0.05, 0) is 67.8 Å². The number of rotatable bonds is 4. The van der Waals surface area contributed by atoms with Gasteiger partial charge < -0.3 is 20.1 Å². The Morgan fingerprint density at radius 3 is 2.08 bits per heavy atom. The molecular formula is C20H18N2O4. The first kappa shape index (κ1) is 16.2. The molecule has 3 N–H and O–H groups in total. The molecule has 0 spiro atoms. The minimum absolute atomic E-state index is 0.132. The summed E-state index contributed by atoms with van der Waals surface area (Å²) in [5.74, 6) is 0.385. The number of nitrogens with zero attached hydrogens (tertiary/aromatic N) is 1. The lowest BCUT2D eigenvalue weighted by atomic mass is 9.92. The van der Waals surface area contributed by atoms with Crippen LogP contribution in [0.3, 0.4) is 0 Å². The van der Waals surface area contributed by atoms with Gasteiger partial charge in [0.15, 0.2) is 5.76 Å². The highest BCUT2D eigenvalue weighted by atomic mass is 16.5. The molecule has 1 saturated carbocycles. The Labute approximate surface area is 150 Å². The van der Waals surface area contributed by atoms with Gasteiger partial charge >= 0.3 is 0 Å². The van der Waals surface area contributed by atoms with Crippen LogP contribution < -0.4 is 5.32 Å². The Kier molecular flexibility index (Phi) is 4.08. The fourth-order valence-corrected chi connectivity index (χ4v) is 2.94. The summed E-state index contributed by atoms with van der Waals surface area (Å²) in [5, 5.41) is 26.1. The molecule has 6 nitrogen and oxygen atoms in total. The van der Waals surface area contributed by atoms with Crippen molar-refractivity contribution in [2.45, 2.75) is 25.3 Å². The first-order valence-corrected chi connectivity index (χ1v) is 8.51. The second-order valence-corrected chi connectivity index (χ2v) is 6.43. The van der Waals surface area contributed by atoms with E-state index in [0.717, 1.165) is 19.3 Å². The lowest BCUT2D eigenvalue weighted by Crippen LogP contribution is -2.39. The molecule has 1 fully saturated rings. The van der Waals surface area contributed by atoms with Gasteiger partial charge in [0, 0.05) is 17.2 Å². The summed E-state index contributed by atoms with van der Waals surface area (Å²) in [4.78, 5) is 12.9. The van der Waals surface area contributed by atoms with Crippen molar-refractivity contribution >= 4 is 5.91 Å². The third kappa shape index (κ3) is 3.01. The molecule has 1 aliphatic rings. The zero-order valence-corrected chi connectivity index (χ0v) is 14.0. The van der Waals surface area contributed by atoms with Crippen molar-refractivity contribution < 1.29 is 19.5 Å². The van der Waals surface area contributed by atoms with Crippen LogP contribution in [0.1, 0.15) is 29.6 Å². The first-order valence-electron chi connectivity index (χ1n) is 8.51. The number of carbonyl (C=O) groups excluding carboxylic acids is 1. The second-order valence-electron chi connectivity index (χ2n) is 6.43. The molecule has 6 heteroatoms. The van der Waals surface area contributed by atoms with Gasteiger partial charge in [0.05, 0.1) is 0 Å². The van der Waals surface area contributed by atoms with Crippen molar-refractivity contribution in [3.8, 4) is 34.1 Å². The number of benzene rings is 2. The van der Waals surface area contributed by atoms with Crippen LogP contribution in [-0.2, 0) is 0 Å². The molecule has 132 valence electrons. The molecule has 3 aromatic rings. The number of phenols is 2. The largest absolute Gasteiger partial charge is 0.508 e. The zero-order valence-electron chi connectivity index (χ0n) is 14.0. The Bertz CT molecular complexity index is 862. The molecular weight excluding hydrogens is 332 g/mol. The molecule has 4 rings (SSSR count). The predicted octanol–water partition coefficient (Wildman–Crippen LogP) is 3.70. The average molecular weight is 350 g/mol. The summed E-state index contributed by atoms with van der Waals surface area (Å²) in [6.45, 7) is 0. The molecule has 0 radical (unpaired) electrons. The molecule has 2 aromatic carbocycles. The topological polar surface area (TPSA) is 95.6 Å². The Morgan fingerprint density at radius 1 is 0.962 bits per heavy atom. The number of nitrogens with one attached hydrogen (secondary N) is 1. The normalized spacial score (nSPS) is 14.0. The molecule has 1 amide bonds. The van der Waals surface area contributed by atoms with Crippen LogP contribution in [0.25, 0.3) is 22.6 Å².